The van der Waals surface area contributed by atoms with Crippen molar-refractivity contribution in [2.75, 3.05) is 6.54 Å². The number of nitrogens with two attached hydrogens (primary N) is 1. The van der Waals surface area contributed by atoms with Crippen LogP contribution in [0, 0.1) is 0 Å². The Morgan fingerprint density at radius 3 is 2.38 bits per heavy atom. The molecule has 0 aromatic rings. The Kier molecular flexibility index (Phi) is 12.0. The van der Waals surface area contributed by atoms with Gasteiger partial charge in [0.2, 0.25) is 0 Å². The standard InChI is InChI=1S/C6H14N2O2.CH2O2/c7-4-2-1-3-5(8)6(9)10;2-1-3/h5H,1-4,7-8H2,(H,9,10);1H,(H,2,3)/t5-;/m0./s1. The van der Waals surface area contributed by atoms with Gasteiger partial charge in [-0.15, -0.1) is 0 Å². The third-order valence-corrected chi connectivity index (χ3v) is 1.36. The van der Waals surface area contributed by atoms with Crippen LogP contribution in [-0.4, -0.2) is 30.1 Å². The van der Waals surface area contributed by atoms with Crippen molar-refractivity contribution in [2.24, 2.45) is 5.73 Å². The maximum absolute atomic E-state index is 10.2. The number of quaternary nitrogens is 1. The lowest BCUT2D eigenvalue weighted by atomic mass is 10.1. The summed E-state index contributed by atoms with van der Waals surface area (Å²) in [7, 11) is 0. The van der Waals surface area contributed by atoms with Gasteiger partial charge < -0.3 is 26.5 Å². The molecule has 78 valence electrons. The summed E-state index contributed by atoms with van der Waals surface area (Å²) in [5, 5.41) is 16.6. The molecule has 0 aromatic heterocycles. The summed E-state index contributed by atoms with van der Waals surface area (Å²) in [6.45, 7) is 0.131. The van der Waals surface area contributed by atoms with Gasteiger partial charge in [-0.25, -0.2) is 4.79 Å². The van der Waals surface area contributed by atoms with Crippen LogP contribution in [0.5, 0.6) is 0 Å². The van der Waals surface area contributed by atoms with Crippen molar-refractivity contribution in [3.63, 3.8) is 0 Å². The molecule has 0 bridgehead atoms. The van der Waals surface area contributed by atoms with Gasteiger partial charge in [0.15, 0.2) is 6.04 Å². The summed E-state index contributed by atoms with van der Waals surface area (Å²) < 4.78 is 0. The van der Waals surface area contributed by atoms with Gasteiger partial charge in [0, 0.05) is 12.9 Å². The lowest BCUT2D eigenvalue weighted by Gasteiger charge is -2.00. The summed E-state index contributed by atoms with van der Waals surface area (Å²) in [5.74, 6) is -0.822. The Morgan fingerprint density at radius 2 is 2.08 bits per heavy atom. The number of rotatable bonds is 5. The highest BCUT2D eigenvalue weighted by Gasteiger charge is 2.13. The zero-order valence-electron chi connectivity index (χ0n) is 7.44. The molecule has 0 aliphatic carbocycles. The van der Waals surface area contributed by atoms with Crippen molar-refractivity contribution in [1.82, 2.24) is 0 Å². The lowest BCUT2D eigenvalue weighted by molar-refractivity contribution is -0.409. The van der Waals surface area contributed by atoms with Gasteiger partial charge in [0.1, 0.15) is 0 Å². The minimum absolute atomic E-state index is 0.466. The molecule has 0 radical (unpaired) electrons. The predicted molar refractivity (Wildman–Crippen MR) is 43.3 cm³/mol. The van der Waals surface area contributed by atoms with E-state index in [0.717, 1.165) is 12.8 Å². The predicted octanol–water partition coefficient (Wildman–Crippen LogP) is -2.82. The number of aliphatic carboxylic acids is 1. The van der Waals surface area contributed by atoms with Crippen LogP contribution in [0.2, 0.25) is 0 Å². The normalized spacial score (nSPS) is 10.9. The fourth-order valence-corrected chi connectivity index (χ4v) is 0.659. The minimum Gasteiger partial charge on any atom is -0.554 e. The lowest BCUT2D eigenvalue weighted by Crippen LogP contribution is -2.64. The van der Waals surface area contributed by atoms with Crippen molar-refractivity contribution in [3.8, 4) is 0 Å². The number of carboxylic acid groups (broad SMARTS) is 2. The number of carboxylic acids is 1. The Morgan fingerprint density at radius 1 is 1.62 bits per heavy atom. The van der Waals surface area contributed by atoms with Crippen molar-refractivity contribution >= 4 is 12.4 Å². The van der Waals surface area contributed by atoms with Crippen LogP contribution in [-0.2, 0) is 9.59 Å². The maximum Gasteiger partial charge on any atom is 0.362 e. The van der Waals surface area contributed by atoms with Crippen LogP contribution in [0.1, 0.15) is 19.3 Å². The zero-order valence-corrected chi connectivity index (χ0v) is 7.44. The molecule has 13 heavy (non-hydrogen) atoms. The van der Waals surface area contributed by atoms with Crippen molar-refractivity contribution in [2.45, 2.75) is 25.3 Å². The molecule has 0 aliphatic heterocycles. The molecule has 0 heterocycles. The van der Waals surface area contributed by atoms with Gasteiger partial charge in [0.05, 0.1) is 0 Å². The molecule has 0 saturated carbocycles. The summed E-state index contributed by atoms with van der Waals surface area (Å²) >= 11 is 0. The van der Waals surface area contributed by atoms with E-state index in [1.807, 2.05) is 0 Å². The molecule has 0 unspecified atom stereocenters. The highest BCUT2D eigenvalue weighted by atomic mass is 16.4. The van der Waals surface area contributed by atoms with E-state index in [1.54, 1.807) is 0 Å². The van der Waals surface area contributed by atoms with Crippen LogP contribution < -0.4 is 16.6 Å². The quantitative estimate of drug-likeness (QED) is 0.319. The molecular formula is C7H16N2O4. The molecule has 0 aliphatic rings. The second-order valence-electron chi connectivity index (χ2n) is 2.42. The zero-order chi connectivity index (χ0) is 10.7. The molecule has 0 fully saturated rings. The molecule has 0 saturated heterocycles. The van der Waals surface area contributed by atoms with Crippen LogP contribution in [0.15, 0.2) is 0 Å². The van der Waals surface area contributed by atoms with E-state index in [4.69, 9.17) is 20.7 Å². The van der Waals surface area contributed by atoms with Crippen LogP contribution >= 0.6 is 0 Å². The van der Waals surface area contributed by atoms with E-state index in [2.05, 4.69) is 5.73 Å². The SMILES string of the molecule is NCCCC[C@H]([NH3+])C(=O)O.O=C[O-]. The summed E-state index contributed by atoms with van der Waals surface area (Å²) in [5.41, 5.74) is 8.69. The van der Waals surface area contributed by atoms with Crippen molar-refractivity contribution < 1.29 is 25.5 Å². The van der Waals surface area contributed by atoms with E-state index >= 15 is 0 Å². The molecule has 0 rings (SSSR count). The second-order valence-corrected chi connectivity index (χ2v) is 2.42. The molecule has 0 spiro atoms. The summed E-state index contributed by atoms with van der Waals surface area (Å²) in [4.78, 5) is 18.4. The molecule has 0 amide bonds. The Hall–Kier alpha value is -1.14. The average molecular weight is 192 g/mol. The number of hydrogen-bond acceptors (Lipinski definition) is 4. The van der Waals surface area contributed by atoms with Gasteiger partial charge in [-0.1, -0.05) is 0 Å². The van der Waals surface area contributed by atoms with Crippen LogP contribution in [0.4, 0.5) is 0 Å². The molecule has 6 heteroatoms. The topological polar surface area (TPSA) is 131 Å². The first-order valence-electron chi connectivity index (χ1n) is 3.91. The van der Waals surface area contributed by atoms with E-state index in [0.29, 0.717) is 13.0 Å². The molecule has 0 aromatic carbocycles. The summed E-state index contributed by atoms with van der Waals surface area (Å²) in [6.07, 6.45) is 2.38. The van der Waals surface area contributed by atoms with E-state index in [-0.39, 0.29) is 0 Å². The first-order chi connectivity index (χ1) is 6.09. The molecule has 6 nitrogen and oxygen atoms in total. The van der Waals surface area contributed by atoms with Gasteiger partial charge >= 0.3 is 5.97 Å². The monoisotopic (exact) mass is 192 g/mol. The van der Waals surface area contributed by atoms with Gasteiger partial charge in [0.25, 0.3) is 0 Å². The third-order valence-electron chi connectivity index (χ3n) is 1.36. The van der Waals surface area contributed by atoms with E-state index in [1.165, 1.54) is 0 Å². The first kappa shape index (κ1) is 14.4. The number of carbonyl (C=O) groups excluding carboxylic acids is 1. The largest absolute Gasteiger partial charge is 0.554 e. The number of hydrogen-bond donors (Lipinski definition) is 3. The Bertz CT molecular complexity index is 140. The van der Waals surface area contributed by atoms with Gasteiger partial charge in [-0.05, 0) is 19.4 Å². The fraction of sp³-hybridized carbons (Fsp3) is 0.714. The number of carbonyl (C=O) groups is 2. The van der Waals surface area contributed by atoms with Gasteiger partial charge in [-0.2, -0.15) is 0 Å². The van der Waals surface area contributed by atoms with Crippen LogP contribution in [0.3, 0.4) is 0 Å². The van der Waals surface area contributed by atoms with Crippen LogP contribution in [0.25, 0.3) is 0 Å². The molecular weight excluding hydrogens is 176 g/mol. The highest BCUT2D eigenvalue weighted by Crippen LogP contribution is 1.95. The number of unbranched alkanes of at least 4 members (excludes halogenated alkanes) is 1. The van der Waals surface area contributed by atoms with Gasteiger partial charge in [-0.3, -0.25) is 0 Å². The smallest absolute Gasteiger partial charge is 0.362 e. The highest BCUT2D eigenvalue weighted by molar-refractivity contribution is 5.71. The van der Waals surface area contributed by atoms with E-state index < -0.39 is 18.5 Å². The Balaban J connectivity index is 0. The Labute approximate surface area is 76.5 Å². The average Bonchev–Trinajstić information content (AvgIpc) is 2.06. The minimum atomic E-state index is -0.822. The first-order valence-corrected chi connectivity index (χ1v) is 3.91. The van der Waals surface area contributed by atoms with Crippen molar-refractivity contribution in [1.29, 1.82) is 0 Å². The fourth-order valence-electron chi connectivity index (χ4n) is 0.659. The van der Waals surface area contributed by atoms with Crippen molar-refractivity contribution in [3.05, 3.63) is 0 Å². The molecule has 6 N–H and O–H groups in total. The third kappa shape index (κ3) is 13.8. The maximum atomic E-state index is 10.2. The molecule has 1 atom stereocenters. The summed E-state index contributed by atoms with van der Waals surface area (Å²) in [6, 6.07) is -0.466. The second kappa shape index (κ2) is 10.9. The van der Waals surface area contributed by atoms with E-state index in [9.17, 15) is 4.79 Å².